The molecule has 4 rings (SSSR count). The number of hydrogen-bond donors (Lipinski definition) is 4. The van der Waals surface area contributed by atoms with E-state index < -0.39 is 11.6 Å². The Kier molecular flexibility index (Phi) is 7.51. The van der Waals surface area contributed by atoms with Crippen molar-refractivity contribution in [1.29, 1.82) is 0 Å². The Bertz CT molecular complexity index is 1220. The highest BCUT2D eigenvalue weighted by Crippen LogP contribution is 2.27. The first-order chi connectivity index (χ1) is 16.9. The van der Waals surface area contributed by atoms with Crippen LogP contribution in [0.15, 0.2) is 61.3 Å². The van der Waals surface area contributed by atoms with Crippen LogP contribution in [0.4, 0.5) is 37.6 Å². The first kappa shape index (κ1) is 24.1. The quantitative estimate of drug-likeness (QED) is 0.324. The van der Waals surface area contributed by atoms with Crippen molar-refractivity contribution in [1.82, 2.24) is 15.3 Å². The lowest BCUT2D eigenvalue weighted by Crippen LogP contribution is -2.21. The van der Waals surface area contributed by atoms with Gasteiger partial charge in [0.25, 0.3) is 0 Å². The third kappa shape index (κ3) is 6.30. The first-order valence-corrected chi connectivity index (χ1v) is 11.2. The largest absolute Gasteiger partial charge is 0.486 e. The Labute approximate surface area is 201 Å². The molecule has 1 aliphatic rings. The molecule has 0 saturated carbocycles. The van der Waals surface area contributed by atoms with Crippen molar-refractivity contribution in [3.05, 3.63) is 73.0 Å². The lowest BCUT2D eigenvalue weighted by molar-refractivity contribution is -0.111. The average molecular weight is 481 g/mol. The van der Waals surface area contributed by atoms with Crippen LogP contribution in [0.25, 0.3) is 0 Å². The molecule has 35 heavy (non-hydrogen) atoms. The van der Waals surface area contributed by atoms with Gasteiger partial charge >= 0.3 is 0 Å². The summed E-state index contributed by atoms with van der Waals surface area (Å²) in [5, 5.41) is 11.7. The summed E-state index contributed by atoms with van der Waals surface area (Å²) in [6.45, 7) is 6.19. The minimum absolute atomic E-state index is 0.0730. The van der Waals surface area contributed by atoms with Gasteiger partial charge in [-0.1, -0.05) is 19.6 Å². The minimum atomic E-state index is -0.679. The van der Waals surface area contributed by atoms with Crippen molar-refractivity contribution >= 4 is 34.7 Å². The summed E-state index contributed by atoms with van der Waals surface area (Å²) in [5.74, 6) is -1.41. The molecule has 0 bridgehead atoms. The molecule has 2 atom stereocenters. The van der Waals surface area contributed by atoms with E-state index in [4.69, 9.17) is 4.74 Å². The zero-order valence-corrected chi connectivity index (χ0v) is 19.1. The Morgan fingerprint density at radius 1 is 1.17 bits per heavy atom. The van der Waals surface area contributed by atoms with E-state index in [0.717, 1.165) is 25.1 Å². The Balaban J connectivity index is 1.43. The van der Waals surface area contributed by atoms with Gasteiger partial charge < -0.3 is 26.0 Å². The maximum absolute atomic E-state index is 14.6. The smallest absolute Gasteiger partial charge is 0.247 e. The molecule has 182 valence electrons. The number of carbonyl (C=O) groups excluding carboxylic acids is 1. The van der Waals surface area contributed by atoms with E-state index in [2.05, 4.69) is 44.7 Å². The average Bonchev–Trinajstić information content (AvgIpc) is 3.31. The Morgan fingerprint density at radius 3 is 2.71 bits per heavy atom. The molecule has 1 aliphatic heterocycles. The fourth-order valence-corrected chi connectivity index (χ4v) is 3.69. The van der Waals surface area contributed by atoms with E-state index in [-0.39, 0.29) is 29.5 Å². The summed E-state index contributed by atoms with van der Waals surface area (Å²) in [6, 6.07) is 11.5. The number of rotatable bonds is 9. The molecule has 2 heterocycles. The molecule has 1 fully saturated rings. The number of ether oxygens (including phenoxy) is 1. The van der Waals surface area contributed by atoms with Crippen molar-refractivity contribution in [2.75, 3.05) is 22.5 Å². The van der Waals surface area contributed by atoms with Crippen LogP contribution in [0.5, 0.6) is 5.75 Å². The van der Waals surface area contributed by atoms with E-state index in [1.165, 1.54) is 6.07 Å². The number of nitrogens with zero attached hydrogens (tertiary/aromatic N) is 2. The van der Waals surface area contributed by atoms with E-state index in [1.807, 2.05) is 0 Å². The molecule has 8 nitrogen and oxygen atoms in total. The Morgan fingerprint density at radius 2 is 1.97 bits per heavy atom. The molecule has 0 aliphatic carbocycles. The van der Waals surface area contributed by atoms with Gasteiger partial charge in [-0.2, -0.15) is 4.98 Å². The topological polar surface area (TPSA) is 100 Å². The lowest BCUT2D eigenvalue weighted by atomic mass is 10.1. The van der Waals surface area contributed by atoms with Crippen LogP contribution in [-0.4, -0.2) is 34.6 Å². The lowest BCUT2D eigenvalue weighted by Gasteiger charge is -2.15. The number of amides is 1. The number of hydrogen-bond acceptors (Lipinski definition) is 7. The molecule has 1 amide bonds. The van der Waals surface area contributed by atoms with Gasteiger partial charge in [0.2, 0.25) is 11.9 Å². The van der Waals surface area contributed by atoms with Crippen LogP contribution in [0.2, 0.25) is 0 Å². The van der Waals surface area contributed by atoms with Crippen LogP contribution < -0.4 is 26.0 Å². The summed E-state index contributed by atoms with van der Waals surface area (Å²) in [5.41, 5.74) is 1.39. The van der Waals surface area contributed by atoms with Gasteiger partial charge in [-0.3, -0.25) is 4.79 Å². The fourth-order valence-electron chi connectivity index (χ4n) is 3.69. The molecule has 3 aromatic rings. The number of aromatic nitrogens is 2. The van der Waals surface area contributed by atoms with E-state index in [1.54, 1.807) is 36.4 Å². The maximum atomic E-state index is 14.6. The fraction of sp³-hybridized carbons (Fsp3) is 0.240. The van der Waals surface area contributed by atoms with Gasteiger partial charge in [-0.15, -0.1) is 0 Å². The highest BCUT2D eigenvalue weighted by molar-refractivity contribution is 5.99. The predicted octanol–water partition coefficient (Wildman–Crippen LogP) is 4.89. The van der Waals surface area contributed by atoms with Crippen LogP contribution in [0.1, 0.15) is 19.8 Å². The summed E-state index contributed by atoms with van der Waals surface area (Å²) < 4.78 is 34.8. The molecular weight excluding hydrogens is 454 g/mol. The number of benzene rings is 2. The third-order valence-electron chi connectivity index (χ3n) is 5.48. The Hall–Kier alpha value is -4.05. The summed E-state index contributed by atoms with van der Waals surface area (Å²) in [4.78, 5) is 19.6. The summed E-state index contributed by atoms with van der Waals surface area (Å²) in [6.07, 6.45) is 3.91. The molecule has 0 unspecified atom stereocenters. The van der Waals surface area contributed by atoms with Crippen molar-refractivity contribution in [3.8, 4) is 5.75 Å². The standard InChI is InChI=1S/C25H26F2N6O2/c1-3-15-11-19(13-28-15)35-22-9-8-18(12-20(22)26)32-25-29-14-21(27)24(33-25)31-17-7-5-6-16(10-17)30-23(34)4-2/h4-10,12,14-15,19,28H,2-3,11,13H2,1H3,(H,30,34)(H2,29,31,32,33)/t15-,19-/m1/s1. The van der Waals surface area contributed by atoms with Gasteiger partial charge in [0, 0.05) is 42.1 Å². The first-order valence-electron chi connectivity index (χ1n) is 11.2. The van der Waals surface area contributed by atoms with Gasteiger partial charge in [0.15, 0.2) is 23.2 Å². The second-order valence-electron chi connectivity index (χ2n) is 8.05. The van der Waals surface area contributed by atoms with Crippen LogP contribution in [-0.2, 0) is 4.79 Å². The van der Waals surface area contributed by atoms with E-state index in [0.29, 0.717) is 29.6 Å². The number of halogens is 2. The second kappa shape index (κ2) is 10.9. The van der Waals surface area contributed by atoms with Crippen molar-refractivity contribution < 1.29 is 18.3 Å². The van der Waals surface area contributed by atoms with Crippen LogP contribution in [0, 0.1) is 11.6 Å². The van der Waals surface area contributed by atoms with E-state index >= 15 is 0 Å². The van der Waals surface area contributed by atoms with Crippen molar-refractivity contribution in [2.45, 2.75) is 31.9 Å². The SMILES string of the molecule is C=CC(=O)Nc1cccc(Nc2nc(Nc3ccc(O[C@H]4CN[C@H](CC)C4)c(F)c3)ncc2F)c1. The summed E-state index contributed by atoms with van der Waals surface area (Å²) >= 11 is 0. The minimum Gasteiger partial charge on any atom is -0.486 e. The zero-order chi connectivity index (χ0) is 24.8. The molecule has 0 spiro atoms. The summed E-state index contributed by atoms with van der Waals surface area (Å²) in [7, 11) is 0. The van der Waals surface area contributed by atoms with Gasteiger partial charge in [-0.25, -0.2) is 13.8 Å². The number of anilines is 5. The van der Waals surface area contributed by atoms with Crippen LogP contribution >= 0.6 is 0 Å². The van der Waals surface area contributed by atoms with Gasteiger partial charge in [0.1, 0.15) is 6.10 Å². The molecule has 1 saturated heterocycles. The number of carbonyl (C=O) groups is 1. The maximum Gasteiger partial charge on any atom is 0.247 e. The molecular formula is C25H26F2N6O2. The van der Waals surface area contributed by atoms with Crippen molar-refractivity contribution in [2.24, 2.45) is 0 Å². The zero-order valence-electron chi connectivity index (χ0n) is 19.1. The molecule has 4 N–H and O–H groups in total. The van der Waals surface area contributed by atoms with E-state index in [9.17, 15) is 13.6 Å². The number of nitrogens with one attached hydrogen (secondary N) is 4. The van der Waals surface area contributed by atoms with Crippen LogP contribution in [0.3, 0.4) is 0 Å². The van der Waals surface area contributed by atoms with Gasteiger partial charge in [0.05, 0.1) is 6.20 Å². The normalized spacial score (nSPS) is 17.0. The van der Waals surface area contributed by atoms with Crippen molar-refractivity contribution in [3.63, 3.8) is 0 Å². The molecule has 2 aromatic carbocycles. The predicted molar refractivity (Wildman–Crippen MR) is 131 cm³/mol. The highest BCUT2D eigenvalue weighted by atomic mass is 19.1. The van der Waals surface area contributed by atoms with Gasteiger partial charge in [-0.05, 0) is 42.8 Å². The molecule has 1 aromatic heterocycles. The monoisotopic (exact) mass is 480 g/mol. The molecule has 10 heteroatoms. The molecule has 0 radical (unpaired) electrons. The highest BCUT2D eigenvalue weighted by Gasteiger charge is 2.25. The second-order valence-corrected chi connectivity index (χ2v) is 8.05. The third-order valence-corrected chi connectivity index (χ3v) is 5.48.